The van der Waals surface area contributed by atoms with Gasteiger partial charge in [-0.1, -0.05) is 0 Å². The van der Waals surface area contributed by atoms with Gasteiger partial charge in [0.05, 0.1) is 23.0 Å². The normalized spacial score (nSPS) is 9.92. The lowest BCUT2D eigenvalue weighted by molar-refractivity contribution is 0.385. The summed E-state index contributed by atoms with van der Waals surface area (Å²) in [7, 11) is 1.36. The Hall–Kier alpha value is -0.970. The molecule has 1 rings (SSSR count). The first-order valence-corrected chi connectivity index (χ1v) is 3.94. The lowest BCUT2D eigenvalue weighted by Crippen LogP contribution is -2.01. The molecule has 0 heterocycles. The van der Waals surface area contributed by atoms with Crippen molar-refractivity contribution >= 4 is 27.3 Å². The molecule has 0 spiro atoms. The third kappa shape index (κ3) is 1.32. The lowest BCUT2D eigenvalue weighted by atomic mass is 10.2. The van der Waals surface area contributed by atoms with Crippen LogP contribution < -0.4 is 16.2 Å². The molecule has 5 heteroatoms. The summed E-state index contributed by atoms with van der Waals surface area (Å²) in [5, 5.41) is 0. The lowest BCUT2D eigenvalue weighted by Gasteiger charge is -2.08. The van der Waals surface area contributed by atoms with Crippen LogP contribution in [0.5, 0.6) is 5.75 Å². The third-order valence-electron chi connectivity index (χ3n) is 1.45. The van der Waals surface area contributed by atoms with E-state index in [0.29, 0.717) is 4.47 Å². The summed E-state index contributed by atoms with van der Waals surface area (Å²) in [5.74, 6) is -0.564. The standard InChI is InChI=1S/C7H8BrFN2O/c1-12-7-3(8)2-4(10)6(11)5(7)9/h2H,10-11H2,1H3. The molecule has 0 bridgehead atoms. The average Bonchev–Trinajstić information content (AvgIpc) is 2.01. The molecule has 0 aromatic heterocycles. The minimum Gasteiger partial charge on any atom is -0.492 e. The van der Waals surface area contributed by atoms with Crippen molar-refractivity contribution in [2.75, 3.05) is 18.6 Å². The van der Waals surface area contributed by atoms with E-state index < -0.39 is 5.82 Å². The fraction of sp³-hybridized carbons (Fsp3) is 0.143. The smallest absolute Gasteiger partial charge is 0.191 e. The Morgan fingerprint density at radius 3 is 2.58 bits per heavy atom. The number of rotatable bonds is 1. The van der Waals surface area contributed by atoms with Gasteiger partial charge < -0.3 is 16.2 Å². The second-order valence-electron chi connectivity index (χ2n) is 2.21. The van der Waals surface area contributed by atoms with Gasteiger partial charge in [0.25, 0.3) is 0 Å². The van der Waals surface area contributed by atoms with Gasteiger partial charge in [-0.05, 0) is 22.0 Å². The molecule has 0 fully saturated rings. The number of halogens is 2. The molecule has 0 aliphatic carbocycles. The van der Waals surface area contributed by atoms with Crippen LogP contribution in [-0.2, 0) is 0 Å². The van der Waals surface area contributed by atoms with E-state index in [9.17, 15) is 4.39 Å². The van der Waals surface area contributed by atoms with Crippen molar-refractivity contribution in [3.63, 3.8) is 0 Å². The number of methoxy groups -OCH3 is 1. The molecule has 0 unspecified atom stereocenters. The van der Waals surface area contributed by atoms with Gasteiger partial charge in [0.2, 0.25) is 0 Å². The molecule has 0 aliphatic rings. The Kier molecular flexibility index (Phi) is 2.42. The van der Waals surface area contributed by atoms with E-state index in [2.05, 4.69) is 15.9 Å². The molecule has 0 aliphatic heterocycles. The molecule has 0 saturated heterocycles. The van der Waals surface area contributed by atoms with Gasteiger partial charge in [0, 0.05) is 0 Å². The van der Waals surface area contributed by atoms with Crippen LogP contribution >= 0.6 is 15.9 Å². The maximum atomic E-state index is 13.2. The second kappa shape index (κ2) is 3.18. The number of hydrogen-bond donors (Lipinski definition) is 2. The summed E-state index contributed by atoms with van der Waals surface area (Å²) in [6.45, 7) is 0. The molecule has 0 atom stereocenters. The van der Waals surface area contributed by atoms with Crippen molar-refractivity contribution in [2.45, 2.75) is 0 Å². The molecule has 3 nitrogen and oxygen atoms in total. The van der Waals surface area contributed by atoms with E-state index in [1.807, 2.05) is 0 Å². The van der Waals surface area contributed by atoms with E-state index in [-0.39, 0.29) is 17.1 Å². The molecule has 0 radical (unpaired) electrons. The van der Waals surface area contributed by atoms with E-state index in [1.54, 1.807) is 0 Å². The summed E-state index contributed by atoms with van der Waals surface area (Å²) < 4.78 is 18.4. The largest absolute Gasteiger partial charge is 0.492 e. The zero-order chi connectivity index (χ0) is 9.30. The first kappa shape index (κ1) is 9.12. The second-order valence-corrected chi connectivity index (χ2v) is 3.06. The maximum Gasteiger partial charge on any atom is 0.191 e. The average molecular weight is 235 g/mol. The molecular formula is C7H8BrFN2O. The summed E-state index contributed by atoms with van der Waals surface area (Å²) >= 11 is 3.09. The Morgan fingerprint density at radius 2 is 2.08 bits per heavy atom. The Morgan fingerprint density at radius 1 is 1.50 bits per heavy atom. The quantitative estimate of drug-likeness (QED) is 0.729. The SMILES string of the molecule is COc1c(Br)cc(N)c(N)c1F. The van der Waals surface area contributed by atoms with Crippen molar-refractivity contribution in [1.29, 1.82) is 0 Å². The van der Waals surface area contributed by atoms with Crippen molar-refractivity contribution in [1.82, 2.24) is 0 Å². The summed E-state index contributed by atoms with van der Waals surface area (Å²) in [6.07, 6.45) is 0. The van der Waals surface area contributed by atoms with Crippen molar-refractivity contribution < 1.29 is 9.13 Å². The van der Waals surface area contributed by atoms with Gasteiger partial charge in [0.1, 0.15) is 0 Å². The fourth-order valence-electron chi connectivity index (χ4n) is 0.821. The highest BCUT2D eigenvalue weighted by Gasteiger charge is 2.13. The van der Waals surface area contributed by atoms with Crippen LogP contribution in [0.3, 0.4) is 0 Å². The van der Waals surface area contributed by atoms with Crippen molar-refractivity contribution in [3.8, 4) is 5.75 Å². The topological polar surface area (TPSA) is 61.3 Å². The Labute approximate surface area is 77.6 Å². The highest BCUT2D eigenvalue weighted by molar-refractivity contribution is 9.10. The van der Waals surface area contributed by atoms with Gasteiger partial charge >= 0.3 is 0 Å². The maximum absolute atomic E-state index is 13.2. The summed E-state index contributed by atoms with van der Waals surface area (Å²) in [6, 6.07) is 1.50. The van der Waals surface area contributed by atoms with Crippen LogP contribution in [0.15, 0.2) is 10.5 Å². The third-order valence-corrected chi connectivity index (χ3v) is 2.04. The van der Waals surface area contributed by atoms with E-state index >= 15 is 0 Å². The minimum absolute atomic E-state index is 0.0710. The molecule has 66 valence electrons. The van der Waals surface area contributed by atoms with E-state index in [0.717, 1.165) is 0 Å². The van der Waals surface area contributed by atoms with Gasteiger partial charge in [-0.2, -0.15) is 0 Å². The predicted octanol–water partition coefficient (Wildman–Crippen LogP) is 1.76. The van der Waals surface area contributed by atoms with Crippen molar-refractivity contribution in [3.05, 3.63) is 16.4 Å². The molecule has 0 saturated carbocycles. The first-order chi connectivity index (χ1) is 5.57. The molecule has 0 amide bonds. The minimum atomic E-state index is -0.635. The number of nitrogens with two attached hydrogens (primary N) is 2. The molecule has 12 heavy (non-hydrogen) atoms. The predicted molar refractivity (Wildman–Crippen MR) is 49.5 cm³/mol. The summed E-state index contributed by atoms with van der Waals surface area (Å²) in [5.41, 5.74) is 10.8. The van der Waals surface area contributed by atoms with Gasteiger partial charge in [0.15, 0.2) is 11.6 Å². The molecular weight excluding hydrogens is 227 g/mol. The molecule has 1 aromatic carbocycles. The Balaban J connectivity index is 3.40. The number of benzene rings is 1. The number of nitrogen functional groups attached to an aromatic ring is 2. The number of anilines is 2. The monoisotopic (exact) mass is 234 g/mol. The zero-order valence-corrected chi connectivity index (χ0v) is 7.98. The van der Waals surface area contributed by atoms with Crippen LogP contribution in [0.4, 0.5) is 15.8 Å². The number of hydrogen-bond acceptors (Lipinski definition) is 3. The van der Waals surface area contributed by atoms with E-state index in [1.165, 1.54) is 13.2 Å². The highest BCUT2D eigenvalue weighted by atomic mass is 79.9. The number of ether oxygens (including phenoxy) is 1. The van der Waals surface area contributed by atoms with Gasteiger partial charge in [-0.3, -0.25) is 0 Å². The van der Waals surface area contributed by atoms with Crippen LogP contribution in [0.25, 0.3) is 0 Å². The van der Waals surface area contributed by atoms with Crippen LogP contribution in [0.1, 0.15) is 0 Å². The van der Waals surface area contributed by atoms with Gasteiger partial charge in [-0.15, -0.1) is 0 Å². The molecule has 4 N–H and O–H groups in total. The van der Waals surface area contributed by atoms with Crippen LogP contribution in [0.2, 0.25) is 0 Å². The first-order valence-electron chi connectivity index (χ1n) is 3.15. The molecule has 1 aromatic rings. The zero-order valence-electron chi connectivity index (χ0n) is 6.40. The fourth-order valence-corrected chi connectivity index (χ4v) is 1.40. The Bertz CT molecular complexity index is 317. The van der Waals surface area contributed by atoms with E-state index in [4.69, 9.17) is 16.2 Å². The van der Waals surface area contributed by atoms with Crippen LogP contribution in [-0.4, -0.2) is 7.11 Å². The van der Waals surface area contributed by atoms with Gasteiger partial charge in [-0.25, -0.2) is 4.39 Å². The summed E-state index contributed by atoms with van der Waals surface area (Å²) in [4.78, 5) is 0. The highest BCUT2D eigenvalue weighted by Crippen LogP contribution is 2.35. The van der Waals surface area contributed by atoms with Crippen LogP contribution in [0, 0.1) is 5.82 Å². The van der Waals surface area contributed by atoms with Crippen molar-refractivity contribution in [2.24, 2.45) is 0 Å².